The van der Waals surface area contributed by atoms with E-state index in [1.807, 2.05) is 0 Å². The Kier molecular flexibility index (Phi) is 2.47. The molecule has 1 rings (SSSR count). The van der Waals surface area contributed by atoms with Crippen LogP contribution >= 0.6 is 0 Å². The maximum absolute atomic E-state index is 11.2. The van der Waals surface area contributed by atoms with Gasteiger partial charge < -0.3 is 10.4 Å². The lowest BCUT2D eigenvalue weighted by Gasteiger charge is -2.30. The topological polar surface area (TPSA) is 66.4 Å². The number of carbonyl (C=O) groups is 2. The molecule has 0 aromatic heterocycles. The van der Waals surface area contributed by atoms with Crippen LogP contribution in [0.25, 0.3) is 0 Å². The van der Waals surface area contributed by atoms with Gasteiger partial charge in [-0.15, -0.1) is 0 Å². The largest absolute Gasteiger partial charge is 0.480 e. The summed E-state index contributed by atoms with van der Waals surface area (Å²) in [7, 11) is 0. The minimum atomic E-state index is -1.11. The predicted octanol–water partition coefficient (Wildman–Crippen LogP) is 0.0298. The third-order valence-electron chi connectivity index (χ3n) is 2.54. The van der Waals surface area contributed by atoms with Gasteiger partial charge in [0.2, 0.25) is 0 Å². The van der Waals surface area contributed by atoms with Crippen LogP contribution in [0.3, 0.4) is 0 Å². The fourth-order valence-corrected chi connectivity index (χ4v) is 1.57. The molecule has 0 aliphatic carbocycles. The van der Waals surface area contributed by atoms with Crippen molar-refractivity contribution in [1.82, 2.24) is 5.32 Å². The van der Waals surface area contributed by atoms with Gasteiger partial charge in [-0.25, -0.2) is 0 Å². The van der Waals surface area contributed by atoms with Gasteiger partial charge in [0.15, 0.2) is 0 Å². The van der Waals surface area contributed by atoms with Crippen LogP contribution in [0.4, 0.5) is 0 Å². The van der Waals surface area contributed by atoms with Crippen molar-refractivity contribution in [3.63, 3.8) is 0 Å². The normalized spacial score (nSPS) is 21.8. The Hall–Kier alpha value is -0.900. The Morgan fingerprint density at radius 2 is 1.83 bits per heavy atom. The first-order chi connectivity index (χ1) is 5.59. The van der Waals surface area contributed by atoms with Gasteiger partial charge in [0, 0.05) is 0 Å². The molecule has 4 nitrogen and oxygen atoms in total. The van der Waals surface area contributed by atoms with Gasteiger partial charge in [-0.2, -0.15) is 0 Å². The van der Waals surface area contributed by atoms with Crippen LogP contribution in [0.1, 0.15) is 19.8 Å². The number of carboxylic acid groups (broad SMARTS) is 1. The van der Waals surface area contributed by atoms with E-state index in [0.29, 0.717) is 25.9 Å². The monoisotopic (exact) mass is 171 g/mol. The molecule has 68 valence electrons. The SMILES string of the molecule is CC(=O)C1(C(=O)O)CCNCC1. The molecule has 1 heterocycles. The summed E-state index contributed by atoms with van der Waals surface area (Å²) in [6, 6.07) is 0. The minimum absolute atomic E-state index is 0.225. The second kappa shape index (κ2) is 3.23. The summed E-state index contributed by atoms with van der Waals surface area (Å²) in [6.07, 6.45) is 0.829. The molecular formula is C8H13NO3. The molecule has 0 aromatic carbocycles. The first-order valence-electron chi connectivity index (χ1n) is 4.05. The van der Waals surface area contributed by atoms with Crippen LogP contribution in [-0.4, -0.2) is 29.9 Å². The Labute approximate surface area is 71.0 Å². The number of nitrogens with one attached hydrogen (secondary N) is 1. The van der Waals surface area contributed by atoms with Crippen LogP contribution in [-0.2, 0) is 9.59 Å². The molecule has 0 saturated carbocycles. The van der Waals surface area contributed by atoms with E-state index >= 15 is 0 Å². The molecule has 0 unspecified atom stereocenters. The van der Waals surface area contributed by atoms with Crippen molar-refractivity contribution in [1.29, 1.82) is 0 Å². The van der Waals surface area contributed by atoms with Crippen molar-refractivity contribution in [2.45, 2.75) is 19.8 Å². The molecule has 2 N–H and O–H groups in total. The number of rotatable bonds is 2. The van der Waals surface area contributed by atoms with Crippen LogP contribution in [0.2, 0.25) is 0 Å². The zero-order valence-electron chi connectivity index (χ0n) is 7.09. The molecule has 0 atom stereocenters. The highest BCUT2D eigenvalue weighted by Crippen LogP contribution is 2.29. The summed E-state index contributed by atoms with van der Waals surface area (Å²) in [6.45, 7) is 2.59. The van der Waals surface area contributed by atoms with E-state index < -0.39 is 11.4 Å². The van der Waals surface area contributed by atoms with E-state index in [-0.39, 0.29) is 5.78 Å². The van der Waals surface area contributed by atoms with Crippen LogP contribution in [0.15, 0.2) is 0 Å². The third kappa shape index (κ3) is 1.34. The molecule has 12 heavy (non-hydrogen) atoms. The van der Waals surface area contributed by atoms with Gasteiger partial charge in [-0.05, 0) is 32.9 Å². The lowest BCUT2D eigenvalue weighted by Crippen LogP contribution is -2.46. The Morgan fingerprint density at radius 3 is 2.08 bits per heavy atom. The molecule has 0 radical (unpaired) electrons. The molecule has 4 heteroatoms. The predicted molar refractivity (Wildman–Crippen MR) is 42.9 cm³/mol. The number of piperidine rings is 1. The summed E-state index contributed by atoms with van der Waals surface area (Å²) < 4.78 is 0. The van der Waals surface area contributed by atoms with E-state index in [1.165, 1.54) is 6.92 Å². The zero-order chi connectivity index (χ0) is 9.19. The fraction of sp³-hybridized carbons (Fsp3) is 0.750. The van der Waals surface area contributed by atoms with Crippen LogP contribution < -0.4 is 5.32 Å². The first kappa shape index (κ1) is 9.19. The average Bonchev–Trinajstić information content (AvgIpc) is 2.05. The van der Waals surface area contributed by atoms with E-state index in [9.17, 15) is 9.59 Å². The van der Waals surface area contributed by atoms with Gasteiger partial charge in [-0.1, -0.05) is 0 Å². The third-order valence-corrected chi connectivity index (χ3v) is 2.54. The molecule has 1 fully saturated rings. The summed E-state index contributed by atoms with van der Waals surface area (Å²) >= 11 is 0. The fourth-order valence-electron chi connectivity index (χ4n) is 1.57. The maximum atomic E-state index is 11.2. The second-order valence-electron chi connectivity index (χ2n) is 3.19. The maximum Gasteiger partial charge on any atom is 0.317 e. The number of carboxylic acids is 1. The van der Waals surface area contributed by atoms with Gasteiger partial charge in [0.25, 0.3) is 0 Å². The van der Waals surface area contributed by atoms with Gasteiger partial charge in [0.05, 0.1) is 0 Å². The number of ketones is 1. The molecule has 1 aliphatic rings. The van der Waals surface area contributed by atoms with Crippen molar-refractivity contribution < 1.29 is 14.7 Å². The number of carbonyl (C=O) groups excluding carboxylic acids is 1. The van der Waals surface area contributed by atoms with Crippen molar-refractivity contribution in [3.05, 3.63) is 0 Å². The van der Waals surface area contributed by atoms with E-state index in [4.69, 9.17) is 5.11 Å². The summed E-state index contributed by atoms with van der Waals surface area (Å²) in [4.78, 5) is 22.0. The number of hydrogen-bond donors (Lipinski definition) is 2. The molecule has 1 saturated heterocycles. The van der Waals surface area contributed by atoms with Gasteiger partial charge >= 0.3 is 5.97 Å². The van der Waals surface area contributed by atoms with E-state index in [1.54, 1.807) is 0 Å². The summed E-state index contributed by atoms with van der Waals surface area (Å²) in [5.74, 6) is -1.20. The second-order valence-corrected chi connectivity index (χ2v) is 3.19. The van der Waals surface area contributed by atoms with Crippen molar-refractivity contribution in [3.8, 4) is 0 Å². The van der Waals surface area contributed by atoms with Crippen molar-refractivity contribution in [2.75, 3.05) is 13.1 Å². The smallest absolute Gasteiger partial charge is 0.317 e. The average molecular weight is 171 g/mol. The molecule has 0 spiro atoms. The number of Topliss-reactive ketones (excluding diaryl/α,β-unsaturated/α-hetero) is 1. The summed E-state index contributed by atoms with van der Waals surface area (Å²) in [5, 5.41) is 11.9. The van der Waals surface area contributed by atoms with Crippen LogP contribution in [0, 0.1) is 5.41 Å². The quantitative estimate of drug-likeness (QED) is 0.575. The first-order valence-corrected chi connectivity index (χ1v) is 4.05. The molecule has 0 aromatic rings. The Morgan fingerprint density at radius 1 is 1.33 bits per heavy atom. The lowest BCUT2D eigenvalue weighted by molar-refractivity contribution is -0.156. The van der Waals surface area contributed by atoms with Crippen molar-refractivity contribution in [2.24, 2.45) is 5.41 Å². The highest BCUT2D eigenvalue weighted by Gasteiger charge is 2.43. The zero-order valence-corrected chi connectivity index (χ0v) is 7.09. The minimum Gasteiger partial charge on any atom is -0.480 e. The van der Waals surface area contributed by atoms with E-state index in [2.05, 4.69) is 5.32 Å². The molecule has 1 aliphatic heterocycles. The highest BCUT2D eigenvalue weighted by atomic mass is 16.4. The summed E-state index contributed by atoms with van der Waals surface area (Å²) in [5.41, 5.74) is -1.11. The number of aliphatic carboxylic acids is 1. The molecular weight excluding hydrogens is 158 g/mol. The molecule has 0 bridgehead atoms. The highest BCUT2D eigenvalue weighted by molar-refractivity contribution is 6.02. The van der Waals surface area contributed by atoms with E-state index in [0.717, 1.165) is 0 Å². The Balaban J connectivity index is 2.84. The van der Waals surface area contributed by atoms with Crippen molar-refractivity contribution >= 4 is 11.8 Å². The molecule has 0 amide bonds. The van der Waals surface area contributed by atoms with Gasteiger partial charge in [0.1, 0.15) is 11.2 Å². The standard InChI is InChI=1S/C8H13NO3/c1-6(10)8(7(11)12)2-4-9-5-3-8/h9H,2-5H2,1H3,(H,11,12). The lowest BCUT2D eigenvalue weighted by atomic mass is 9.76. The number of hydrogen-bond acceptors (Lipinski definition) is 3. The Bertz CT molecular complexity index is 190. The van der Waals surface area contributed by atoms with Crippen LogP contribution in [0.5, 0.6) is 0 Å². The van der Waals surface area contributed by atoms with Gasteiger partial charge in [-0.3, -0.25) is 9.59 Å².